The zero-order chi connectivity index (χ0) is 19.1. The first-order chi connectivity index (χ1) is 12.5. The summed E-state index contributed by atoms with van der Waals surface area (Å²) in [5, 5.41) is 12.1. The van der Waals surface area contributed by atoms with E-state index in [9.17, 15) is 10.1 Å². The molecular formula is C19H16BrIN2O3. The highest BCUT2D eigenvalue weighted by atomic mass is 127. The van der Waals surface area contributed by atoms with Crippen molar-refractivity contribution in [3.8, 4) is 17.6 Å². The Morgan fingerprint density at radius 2 is 2.15 bits per heavy atom. The predicted octanol–water partition coefficient (Wildman–Crippen LogP) is 5.01. The Hall–Kier alpha value is -2.05. The molecule has 0 aliphatic heterocycles. The van der Waals surface area contributed by atoms with Crippen LogP contribution in [0.3, 0.4) is 0 Å². The van der Waals surface area contributed by atoms with Gasteiger partial charge in [-0.3, -0.25) is 4.79 Å². The van der Waals surface area contributed by atoms with Gasteiger partial charge in [0.2, 0.25) is 0 Å². The van der Waals surface area contributed by atoms with E-state index in [1.165, 1.54) is 6.08 Å². The molecule has 2 rings (SSSR count). The molecule has 0 aliphatic rings. The molecule has 1 amide bonds. The Kier molecular flexibility index (Phi) is 7.48. The monoisotopic (exact) mass is 526 g/mol. The number of hydrogen-bond donors (Lipinski definition) is 1. The Bertz CT molecular complexity index is 891. The van der Waals surface area contributed by atoms with Crippen LogP contribution in [0.15, 0.2) is 46.4 Å². The third kappa shape index (κ3) is 5.22. The molecule has 0 atom stereocenters. The molecule has 0 radical (unpaired) electrons. The first kappa shape index (κ1) is 20.3. The van der Waals surface area contributed by atoms with E-state index >= 15 is 0 Å². The standard InChI is InChI=1S/C19H16BrIN2O3/c1-3-26-18-16(21)8-12(9-17(18)25-2)7-13(11-22)19(24)23-15-6-4-5-14(20)10-15/h4-10H,3H2,1-2H3,(H,23,24)/b13-7+. The lowest BCUT2D eigenvalue weighted by molar-refractivity contribution is -0.112. The van der Waals surface area contributed by atoms with E-state index in [0.717, 1.165) is 8.04 Å². The molecule has 7 heteroatoms. The van der Waals surface area contributed by atoms with Crippen molar-refractivity contribution in [1.29, 1.82) is 5.26 Å². The van der Waals surface area contributed by atoms with Gasteiger partial charge in [0, 0.05) is 10.2 Å². The summed E-state index contributed by atoms with van der Waals surface area (Å²) < 4.78 is 12.6. The number of benzene rings is 2. The first-order valence-corrected chi connectivity index (χ1v) is 9.54. The van der Waals surface area contributed by atoms with Crippen LogP contribution in [0.1, 0.15) is 12.5 Å². The number of ether oxygens (including phenoxy) is 2. The molecule has 0 aromatic heterocycles. The SMILES string of the molecule is CCOc1c(I)cc(/C=C(\C#N)C(=O)Nc2cccc(Br)c2)cc1OC. The smallest absolute Gasteiger partial charge is 0.266 e. The van der Waals surface area contributed by atoms with Crippen molar-refractivity contribution < 1.29 is 14.3 Å². The van der Waals surface area contributed by atoms with Crippen molar-refractivity contribution >= 4 is 56.2 Å². The lowest BCUT2D eigenvalue weighted by Gasteiger charge is -2.12. The van der Waals surface area contributed by atoms with Gasteiger partial charge in [0.15, 0.2) is 11.5 Å². The summed E-state index contributed by atoms with van der Waals surface area (Å²) in [4.78, 5) is 12.4. The molecule has 5 nitrogen and oxygen atoms in total. The van der Waals surface area contributed by atoms with Gasteiger partial charge in [0.25, 0.3) is 5.91 Å². The Morgan fingerprint density at radius 1 is 1.38 bits per heavy atom. The zero-order valence-corrected chi connectivity index (χ0v) is 17.9. The van der Waals surface area contributed by atoms with Crippen molar-refractivity contribution in [1.82, 2.24) is 0 Å². The fraction of sp³-hybridized carbons (Fsp3) is 0.158. The molecule has 0 heterocycles. The molecule has 26 heavy (non-hydrogen) atoms. The minimum Gasteiger partial charge on any atom is -0.493 e. The molecule has 0 saturated heterocycles. The highest BCUT2D eigenvalue weighted by Gasteiger charge is 2.13. The van der Waals surface area contributed by atoms with Crippen LogP contribution in [0.4, 0.5) is 5.69 Å². The molecule has 0 aliphatic carbocycles. The van der Waals surface area contributed by atoms with Crippen molar-refractivity contribution in [3.05, 3.63) is 55.6 Å². The number of nitrogens with one attached hydrogen (secondary N) is 1. The van der Waals surface area contributed by atoms with Crippen LogP contribution in [0.2, 0.25) is 0 Å². The van der Waals surface area contributed by atoms with Gasteiger partial charge >= 0.3 is 0 Å². The van der Waals surface area contributed by atoms with E-state index in [0.29, 0.717) is 29.4 Å². The highest BCUT2D eigenvalue weighted by molar-refractivity contribution is 14.1. The Morgan fingerprint density at radius 3 is 2.77 bits per heavy atom. The Balaban J connectivity index is 2.32. The quantitative estimate of drug-likeness (QED) is 0.326. The second-order valence-corrected chi connectivity index (χ2v) is 7.18. The summed E-state index contributed by atoms with van der Waals surface area (Å²) in [5.41, 5.74) is 1.27. The molecular weight excluding hydrogens is 511 g/mol. The molecule has 1 N–H and O–H groups in total. The van der Waals surface area contributed by atoms with Crippen LogP contribution in [-0.4, -0.2) is 19.6 Å². The number of anilines is 1. The first-order valence-electron chi connectivity index (χ1n) is 7.67. The highest BCUT2D eigenvalue weighted by Crippen LogP contribution is 2.34. The molecule has 0 spiro atoms. The molecule has 2 aromatic rings. The third-order valence-electron chi connectivity index (χ3n) is 3.30. The van der Waals surface area contributed by atoms with E-state index in [2.05, 4.69) is 43.8 Å². The zero-order valence-electron chi connectivity index (χ0n) is 14.2. The molecule has 0 fully saturated rings. The predicted molar refractivity (Wildman–Crippen MR) is 113 cm³/mol. The largest absolute Gasteiger partial charge is 0.493 e. The summed E-state index contributed by atoms with van der Waals surface area (Å²) in [6, 6.07) is 12.7. The van der Waals surface area contributed by atoms with Gasteiger partial charge in [-0.2, -0.15) is 5.26 Å². The number of nitrogens with zero attached hydrogens (tertiary/aromatic N) is 1. The van der Waals surface area contributed by atoms with Gasteiger partial charge in [-0.1, -0.05) is 22.0 Å². The van der Waals surface area contributed by atoms with Gasteiger partial charge in [0.1, 0.15) is 11.6 Å². The topological polar surface area (TPSA) is 71.3 Å². The van der Waals surface area contributed by atoms with Gasteiger partial charge in [-0.05, 0) is 71.5 Å². The number of hydrogen-bond acceptors (Lipinski definition) is 4. The molecule has 0 unspecified atom stereocenters. The van der Waals surface area contributed by atoms with Crippen LogP contribution in [0, 0.1) is 14.9 Å². The van der Waals surface area contributed by atoms with E-state index < -0.39 is 5.91 Å². The number of carbonyl (C=O) groups excluding carboxylic acids is 1. The average molecular weight is 527 g/mol. The maximum Gasteiger partial charge on any atom is 0.266 e. The van der Waals surface area contributed by atoms with Crippen LogP contribution in [-0.2, 0) is 4.79 Å². The lowest BCUT2D eigenvalue weighted by atomic mass is 10.1. The number of methoxy groups -OCH3 is 1. The molecule has 0 saturated carbocycles. The van der Waals surface area contributed by atoms with E-state index in [4.69, 9.17) is 9.47 Å². The summed E-state index contributed by atoms with van der Waals surface area (Å²) in [6.45, 7) is 2.41. The second kappa shape index (κ2) is 9.59. The Labute approximate surface area is 174 Å². The number of carbonyl (C=O) groups is 1. The van der Waals surface area contributed by atoms with E-state index in [1.807, 2.05) is 25.1 Å². The van der Waals surface area contributed by atoms with E-state index in [-0.39, 0.29) is 5.57 Å². The second-order valence-electron chi connectivity index (χ2n) is 5.10. The summed E-state index contributed by atoms with van der Waals surface area (Å²) in [7, 11) is 1.55. The maximum absolute atomic E-state index is 12.4. The average Bonchev–Trinajstić information content (AvgIpc) is 2.61. The molecule has 134 valence electrons. The van der Waals surface area contributed by atoms with Gasteiger partial charge in [-0.15, -0.1) is 0 Å². The van der Waals surface area contributed by atoms with Crippen LogP contribution in [0.5, 0.6) is 11.5 Å². The third-order valence-corrected chi connectivity index (χ3v) is 4.59. The number of rotatable bonds is 6. The summed E-state index contributed by atoms with van der Waals surface area (Å²) in [5.74, 6) is 0.716. The van der Waals surface area contributed by atoms with Crippen molar-refractivity contribution in [2.24, 2.45) is 0 Å². The molecule has 2 aromatic carbocycles. The minimum absolute atomic E-state index is 0.00742. The van der Waals surface area contributed by atoms with Crippen molar-refractivity contribution in [2.45, 2.75) is 6.92 Å². The van der Waals surface area contributed by atoms with E-state index in [1.54, 1.807) is 31.4 Å². The summed E-state index contributed by atoms with van der Waals surface area (Å²) in [6.07, 6.45) is 1.52. The van der Waals surface area contributed by atoms with Gasteiger partial charge < -0.3 is 14.8 Å². The number of nitriles is 1. The lowest BCUT2D eigenvalue weighted by Crippen LogP contribution is -2.13. The van der Waals surface area contributed by atoms with Gasteiger partial charge in [0.05, 0.1) is 17.3 Å². The normalized spacial score (nSPS) is 10.8. The van der Waals surface area contributed by atoms with Crippen molar-refractivity contribution in [2.75, 3.05) is 19.0 Å². The number of halogens is 2. The van der Waals surface area contributed by atoms with Crippen molar-refractivity contribution in [3.63, 3.8) is 0 Å². The van der Waals surface area contributed by atoms with Crippen LogP contribution >= 0.6 is 38.5 Å². The fourth-order valence-electron chi connectivity index (χ4n) is 2.19. The van der Waals surface area contributed by atoms with Crippen LogP contribution < -0.4 is 14.8 Å². The maximum atomic E-state index is 12.4. The summed E-state index contributed by atoms with van der Waals surface area (Å²) >= 11 is 5.48. The van der Waals surface area contributed by atoms with Gasteiger partial charge in [-0.25, -0.2) is 0 Å². The fourth-order valence-corrected chi connectivity index (χ4v) is 3.37. The minimum atomic E-state index is -0.478. The number of amides is 1. The molecule has 0 bridgehead atoms. The van der Waals surface area contributed by atoms with Crippen LogP contribution in [0.25, 0.3) is 6.08 Å².